The molecule has 0 aromatic heterocycles. The second kappa shape index (κ2) is 10.9. The molecule has 3 nitrogen and oxygen atoms in total. The molecule has 0 unspecified atom stereocenters. The normalized spacial score (nSPS) is 10.7. The summed E-state index contributed by atoms with van der Waals surface area (Å²) in [5.74, 6) is 1.61. The highest BCUT2D eigenvalue weighted by Crippen LogP contribution is 2.36. The Morgan fingerprint density at radius 2 is 1.76 bits per heavy atom. The summed E-state index contributed by atoms with van der Waals surface area (Å²) in [6, 6.07) is 4.17. The smallest absolute Gasteiger partial charge is 0.175 e. The van der Waals surface area contributed by atoms with Crippen molar-refractivity contribution >= 4 is 15.9 Å². The van der Waals surface area contributed by atoms with Gasteiger partial charge in [0.05, 0.1) is 17.7 Å². The highest BCUT2D eigenvalue weighted by Gasteiger charge is 2.11. The third-order valence-corrected chi connectivity index (χ3v) is 3.78. The van der Waals surface area contributed by atoms with E-state index in [1.165, 1.54) is 31.2 Å². The predicted octanol–water partition coefficient (Wildman–Crippen LogP) is 4.92. The molecule has 21 heavy (non-hydrogen) atoms. The van der Waals surface area contributed by atoms with Gasteiger partial charge in [0.1, 0.15) is 0 Å². The molecule has 1 N–H and O–H groups in total. The summed E-state index contributed by atoms with van der Waals surface area (Å²) in [6.07, 6.45) is 5.15. The van der Waals surface area contributed by atoms with E-state index in [1.807, 2.05) is 13.8 Å². The van der Waals surface area contributed by atoms with Crippen molar-refractivity contribution in [1.82, 2.24) is 5.32 Å². The molecule has 0 radical (unpaired) electrons. The first kappa shape index (κ1) is 18.3. The van der Waals surface area contributed by atoms with Crippen LogP contribution in [-0.4, -0.2) is 19.8 Å². The molecule has 0 saturated carbocycles. The van der Waals surface area contributed by atoms with Crippen molar-refractivity contribution < 1.29 is 9.47 Å². The zero-order chi connectivity index (χ0) is 15.5. The molecule has 1 aromatic carbocycles. The fraction of sp³-hybridized carbons (Fsp3) is 0.647. The van der Waals surface area contributed by atoms with Gasteiger partial charge in [-0.25, -0.2) is 0 Å². The Kier molecular flexibility index (Phi) is 9.51. The molecule has 0 aliphatic carbocycles. The number of unbranched alkanes of at least 4 members (excludes halogenated alkanes) is 3. The van der Waals surface area contributed by atoms with Crippen molar-refractivity contribution in [2.24, 2.45) is 0 Å². The van der Waals surface area contributed by atoms with Crippen molar-refractivity contribution in [1.29, 1.82) is 0 Å². The second-order valence-corrected chi connectivity index (χ2v) is 5.86. The van der Waals surface area contributed by atoms with Gasteiger partial charge in [-0.05, 0) is 60.4 Å². The third kappa shape index (κ3) is 6.70. The molecule has 4 heteroatoms. The van der Waals surface area contributed by atoms with E-state index < -0.39 is 0 Å². The minimum Gasteiger partial charge on any atom is -0.490 e. The molecule has 1 rings (SSSR count). The van der Waals surface area contributed by atoms with Crippen LogP contribution in [0, 0.1) is 0 Å². The Morgan fingerprint density at radius 3 is 2.43 bits per heavy atom. The lowest BCUT2D eigenvalue weighted by Crippen LogP contribution is -2.15. The van der Waals surface area contributed by atoms with E-state index in [0.29, 0.717) is 13.2 Å². The topological polar surface area (TPSA) is 30.5 Å². The predicted molar refractivity (Wildman–Crippen MR) is 92.3 cm³/mol. The van der Waals surface area contributed by atoms with Gasteiger partial charge in [-0.2, -0.15) is 0 Å². The molecule has 0 saturated heterocycles. The quantitative estimate of drug-likeness (QED) is 0.570. The maximum atomic E-state index is 5.69. The first-order valence-electron chi connectivity index (χ1n) is 8.01. The van der Waals surface area contributed by atoms with Gasteiger partial charge in [-0.3, -0.25) is 0 Å². The van der Waals surface area contributed by atoms with Crippen molar-refractivity contribution in [3.05, 3.63) is 22.2 Å². The number of halogens is 1. The molecule has 120 valence electrons. The summed E-state index contributed by atoms with van der Waals surface area (Å²) in [6.45, 7) is 9.40. The van der Waals surface area contributed by atoms with Crippen LogP contribution in [0.3, 0.4) is 0 Å². The van der Waals surface area contributed by atoms with E-state index in [4.69, 9.17) is 9.47 Å². The van der Waals surface area contributed by atoms with Crippen molar-refractivity contribution in [2.75, 3.05) is 19.8 Å². The summed E-state index contributed by atoms with van der Waals surface area (Å²) >= 11 is 3.58. The molecule has 0 heterocycles. The zero-order valence-electron chi connectivity index (χ0n) is 13.5. The first-order chi connectivity index (χ1) is 10.2. The molecule has 0 atom stereocenters. The van der Waals surface area contributed by atoms with Crippen LogP contribution in [0.15, 0.2) is 16.6 Å². The molecule has 0 fully saturated rings. The molecule has 1 aromatic rings. The summed E-state index contributed by atoms with van der Waals surface area (Å²) < 4.78 is 12.3. The van der Waals surface area contributed by atoms with E-state index in [9.17, 15) is 0 Å². The SMILES string of the molecule is CCCCCCNCc1cc(Br)c(OCC)c(OCC)c1. The van der Waals surface area contributed by atoms with Crippen LogP contribution in [0.2, 0.25) is 0 Å². The third-order valence-electron chi connectivity index (χ3n) is 3.19. The summed E-state index contributed by atoms with van der Waals surface area (Å²) in [7, 11) is 0. The van der Waals surface area contributed by atoms with Crippen LogP contribution in [-0.2, 0) is 6.54 Å². The van der Waals surface area contributed by atoms with Crippen LogP contribution < -0.4 is 14.8 Å². The van der Waals surface area contributed by atoms with Crippen LogP contribution in [0.5, 0.6) is 11.5 Å². The van der Waals surface area contributed by atoms with E-state index in [2.05, 4.69) is 40.3 Å². The summed E-state index contributed by atoms with van der Waals surface area (Å²) in [4.78, 5) is 0. The monoisotopic (exact) mass is 357 g/mol. The highest BCUT2D eigenvalue weighted by molar-refractivity contribution is 9.10. The van der Waals surface area contributed by atoms with Gasteiger partial charge in [0.25, 0.3) is 0 Å². The standard InChI is InChI=1S/C17H28BrNO2/c1-4-7-8-9-10-19-13-14-11-15(18)17(21-6-3)16(12-14)20-5-2/h11-12,19H,4-10,13H2,1-3H3. The molecule has 0 bridgehead atoms. The lowest BCUT2D eigenvalue weighted by atomic mass is 10.2. The van der Waals surface area contributed by atoms with Crippen molar-refractivity contribution in [3.8, 4) is 11.5 Å². The van der Waals surface area contributed by atoms with Crippen molar-refractivity contribution in [3.63, 3.8) is 0 Å². The highest BCUT2D eigenvalue weighted by atomic mass is 79.9. The average molecular weight is 358 g/mol. The molecule has 0 aliphatic rings. The lowest BCUT2D eigenvalue weighted by Gasteiger charge is -2.15. The Bertz CT molecular complexity index is 410. The van der Waals surface area contributed by atoms with Gasteiger partial charge in [-0.15, -0.1) is 0 Å². The minimum atomic E-state index is 0.633. The Labute approximate surface area is 137 Å². The minimum absolute atomic E-state index is 0.633. The van der Waals surface area contributed by atoms with E-state index in [0.717, 1.165) is 29.1 Å². The average Bonchev–Trinajstić information content (AvgIpc) is 2.46. The summed E-state index contributed by atoms with van der Waals surface area (Å²) in [5.41, 5.74) is 1.21. The Balaban J connectivity index is 2.58. The Hall–Kier alpha value is -0.740. The van der Waals surface area contributed by atoms with Crippen LogP contribution in [0.25, 0.3) is 0 Å². The number of hydrogen-bond donors (Lipinski definition) is 1. The van der Waals surface area contributed by atoms with E-state index >= 15 is 0 Å². The molecule has 0 spiro atoms. The number of rotatable bonds is 11. The van der Waals surface area contributed by atoms with Gasteiger partial charge in [0, 0.05) is 6.54 Å². The fourth-order valence-corrected chi connectivity index (χ4v) is 2.78. The van der Waals surface area contributed by atoms with Gasteiger partial charge >= 0.3 is 0 Å². The maximum absolute atomic E-state index is 5.69. The summed E-state index contributed by atoms with van der Waals surface area (Å²) in [5, 5.41) is 3.49. The van der Waals surface area contributed by atoms with Gasteiger partial charge in [0.15, 0.2) is 11.5 Å². The molecular formula is C17H28BrNO2. The van der Waals surface area contributed by atoms with Gasteiger partial charge in [0.2, 0.25) is 0 Å². The Morgan fingerprint density at radius 1 is 1.00 bits per heavy atom. The number of benzene rings is 1. The number of hydrogen-bond acceptors (Lipinski definition) is 3. The van der Waals surface area contributed by atoms with Crippen LogP contribution in [0.4, 0.5) is 0 Å². The van der Waals surface area contributed by atoms with Crippen LogP contribution in [0.1, 0.15) is 52.0 Å². The maximum Gasteiger partial charge on any atom is 0.175 e. The van der Waals surface area contributed by atoms with Crippen molar-refractivity contribution in [2.45, 2.75) is 53.0 Å². The van der Waals surface area contributed by atoms with Gasteiger partial charge in [-0.1, -0.05) is 26.2 Å². The zero-order valence-corrected chi connectivity index (χ0v) is 15.1. The molecule has 0 aliphatic heterocycles. The second-order valence-electron chi connectivity index (χ2n) is 5.01. The lowest BCUT2D eigenvalue weighted by molar-refractivity contribution is 0.286. The molecular weight excluding hydrogens is 330 g/mol. The van der Waals surface area contributed by atoms with E-state index in [-0.39, 0.29) is 0 Å². The van der Waals surface area contributed by atoms with Gasteiger partial charge < -0.3 is 14.8 Å². The largest absolute Gasteiger partial charge is 0.490 e. The van der Waals surface area contributed by atoms with E-state index in [1.54, 1.807) is 0 Å². The van der Waals surface area contributed by atoms with Crippen LogP contribution >= 0.6 is 15.9 Å². The first-order valence-corrected chi connectivity index (χ1v) is 8.80. The molecule has 0 amide bonds. The number of ether oxygens (including phenoxy) is 2. The number of nitrogens with one attached hydrogen (secondary N) is 1. The fourth-order valence-electron chi connectivity index (χ4n) is 2.18.